The van der Waals surface area contributed by atoms with Crippen molar-refractivity contribution < 1.29 is 18.3 Å². The molecule has 1 heterocycles. The molecule has 0 aromatic carbocycles. The molecule has 0 radical (unpaired) electrons. The maximum Gasteiger partial charge on any atom is 0.310 e. The van der Waals surface area contributed by atoms with E-state index in [0.717, 1.165) is 0 Å². The molecule has 0 saturated heterocycles. The standard InChI is InChI=1S/C10H9BrF2INO2/c1-2-17-7(16)4-5-3-6(10(12)13)15-9(11)8(5)14/h3,10H,2,4H2,1H3. The van der Waals surface area contributed by atoms with Gasteiger partial charge in [-0.2, -0.15) is 0 Å². The molecule has 0 aliphatic heterocycles. The van der Waals surface area contributed by atoms with Crippen molar-refractivity contribution in [1.82, 2.24) is 4.98 Å². The van der Waals surface area contributed by atoms with Gasteiger partial charge in [0.15, 0.2) is 0 Å². The van der Waals surface area contributed by atoms with Crippen LogP contribution in [0.15, 0.2) is 10.7 Å². The van der Waals surface area contributed by atoms with Crippen LogP contribution in [0.2, 0.25) is 0 Å². The summed E-state index contributed by atoms with van der Waals surface area (Å²) >= 11 is 5.03. The van der Waals surface area contributed by atoms with Crippen LogP contribution in [-0.2, 0) is 16.0 Å². The highest BCUT2D eigenvalue weighted by Crippen LogP contribution is 2.26. The Morgan fingerprint density at radius 3 is 2.82 bits per heavy atom. The van der Waals surface area contributed by atoms with Crippen LogP contribution in [0.1, 0.15) is 24.6 Å². The van der Waals surface area contributed by atoms with Crippen LogP contribution < -0.4 is 0 Å². The van der Waals surface area contributed by atoms with Crippen LogP contribution in [0.3, 0.4) is 0 Å². The maximum absolute atomic E-state index is 12.5. The molecule has 0 spiro atoms. The fourth-order valence-electron chi connectivity index (χ4n) is 1.18. The zero-order valence-corrected chi connectivity index (χ0v) is 12.6. The first-order chi connectivity index (χ1) is 7.95. The first kappa shape index (κ1) is 14.7. The largest absolute Gasteiger partial charge is 0.466 e. The van der Waals surface area contributed by atoms with Gasteiger partial charge in [0.1, 0.15) is 10.3 Å². The molecule has 1 aromatic heterocycles. The van der Waals surface area contributed by atoms with E-state index in [1.54, 1.807) is 6.92 Å². The van der Waals surface area contributed by atoms with E-state index < -0.39 is 12.4 Å². The number of hydrogen-bond donors (Lipinski definition) is 0. The molecule has 0 unspecified atom stereocenters. The van der Waals surface area contributed by atoms with E-state index in [1.165, 1.54) is 6.07 Å². The lowest BCUT2D eigenvalue weighted by molar-refractivity contribution is -0.142. The Morgan fingerprint density at radius 2 is 2.29 bits per heavy atom. The van der Waals surface area contributed by atoms with Crippen LogP contribution in [0, 0.1) is 3.57 Å². The maximum atomic E-state index is 12.5. The van der Waals surface area contributed by atoms with Gasteiger partial charge in [0.2, 0.25) is 0 Å². The summed E-state index contributed by atoms with van der Waals surface area (Å²) in [5, 5.41) is 0. The third kappa shape index (κ3) is 4.13. The van der Waals surface area contributed by atoms with Gasteiger partial charge in [0, 0.05) is 3.57 Å². The minimum atomic E-state index is -2.66. The SMILES string of the molecule is CCOC(=O)Cc1cc(C(F)F)nc(Br)c1I. The van der Waals surface area contributed by atoms with Gasteiger partial charge in [0.25, 0.3) is 6.43 Å². The lowest BCUT2D eigenvalue weighted by Gasteiger charge is -2.08. The van der Waals surface area contributed by atoms with Crippen LogP contribution in [0.4, 0.5) is 8.78 Å². The Morgan fingerprint density at radius 1 is 1.65 bits per heavy atom. The molecule has 17 heavy (non-hydrogen) atoms. The van der Waals surface area contributed by atoms with E-state index in [4.69, 9.17) is 4.74 Å². The van der Waals surface area contributed by atoms with Crippen LogP contribution >= 0.6 is 38.5 Å². The van der Waals surface area contributed by atoms with E-state index in [0.29, 0.717) is 13.7 Å². The third-order valence-corrected chi connectivity index (χ3v) is 4.39. The fourth-order valence-corrected chi connectivity index (χ4v) is 2.10. The van der Waals surface area contributed by atoms with Gasteiger partial charge in [-0.05, 0) is 57.1 Å². The molecule has 7 heteroatoms. The summed E-state index contributed by atoms with van der Waals surface area (Å²) in [7, 11) is 0. The number of pyridine rings is 1. The van der Waals surface area contributed by atoms with Crippen molar-refractivity contribution in [3.8, 4) is 0 Å². The fraction of sp³-hybridized carbons (Fsp3) is 0.400. The molecule has 0 fully saturated rings. The summed E-state index contributed by atoms with van der Waals surface area (Å²) in [6.07, 6.45) is -2.70. The van der Waals surface area contributed by atoms with E-state index in [-0.39, 0.29) is 18.7 Å². The average Bonchev–Trinajstić information content (AvgIpc) is 2.24. The third-order valence-electron chi connectivity index (χ3n) is 1.88. The molecule has 94 valence electrons. The molecule has 0 aliphatic rings. The van der Waals surface area contributed by atoms with Gasteiger partial charge in [-0.1, -0.05) is 0 Å². The minimum Gasteiger partial charge on any atom is -0.466 e. The molecular formula is C10H9BrF2INO2. The van der Waals surface area contributed by atoms with Crippen molar-refractivity contribution in [2.45, 2.75) is 19.8 Å². The van der Waals surface area contributed by atoms with Gasteiger partial charge in [-0.25, -0.2) is 13.8 Å². The molecule has 0 saturated carbocycles. The van der Waals surface area contributed by atoms with Gasteiger partial charge >= 0.3 is 5.97 Å². The Hall–Kier alpha value is -0.310. The smallest absolute Gasteiger partial charge is 0.310 e. The lowest BCUT2D eigenvalue weighted by atomic mass is 10.1. The lowest BCUT2D eigenvalue weighted by Crippen LogP contribution is -2.10. The predicted octanol–water partition coefficient (Wildman–Crippen LogP) is 3.49. The monoisotopic (exact) mass is 419 g/mol. The molecule has 0 bridgehead atoms. The van der Waals surface area contributed by atoms with E-state index in [1.807, 2.05) is 22.6 Å². The zero-order chi connectivity index (χ0) is 13.0. The van der Waals surface area contributed by atoms with E-state index >= 15 is 0 Å². The summed E-state index contributed by atoms with van der Waals surface area (Å²) in [5.41, 5.74) is 0.137. The number of carbonyl (C=O) groups is 1. The number of alkyl halides is 2. The number of rotatable bonds is 4. The number of esters is 1. The van der Waals surface area contributed by atoms with Gasteiger partial charge in [0.05, 0.1) is 13.0 Å². The highest BCUT2D eigenvalue weighted by molar-refractivity contribution is 14.1. The molecule has 3 nitrogen and oxygen atoms in total. The number of aromatic nitrogens is 1. The van der Waals surface area contributed by atoms with Gasteiger partial charge in [-0.15, -0.1) is 0 Å². The van der Waals surface area contributed by atoms with Crippen molar-refractivity contribution >= 4 is 44.5 Å². The number of hydrogen-bond acceptors (Lipinski definition) is 3. The van der Waals surface area contributed by atoms with Crippen LogP contribution in [0.25, 0.3) is 0 Å². The van der Waals surface area contributed by atoms with Crippen LogP contribution in [-0.4, -0.2) is 17.6 Å². The molecule has 0 amide bonds. The second kappa shape index (κ2) is 6.58. The van der Waals surface area contributed by atoms with E-state index in [2.05, 4.69) is 20.9 Å². The molecule has 1 rings (SSSR count). The van der Waals surface area contributed by atoms with Crippen LogP contribution in [0.5, 0.6) is 0 Å². The summed E-state index contributed by atoms with van der Waals surface area (Å²) in [6.45, 7) is 1.96. The number of nitrogens with zero attached hydrogens (tertiary/aromatic N) is 1. The quantitative estimate of drug-likeness (QED) is 0.426. The zero-order valence-electron chi connectivity index (χ0n) is 8.84. The second-order valence-corrected chi connectivity index (χ2v) is 4.92. The molecule has 1 aromatic rings. The van der Waals surface area contributed by atoms with E-state index in [9.17, 15) is 13.6 Å². The summed E-state index contributed by atoms with van der Waals surface area (Å²) in [6, 6.07) is 1.23. The van der Waals surface area contributed by atoms with Gasteiger partial charge < -0.3 is 4.74 Å². The Bertz CT molecular complexity index is 429. The average molecular weight is 420 g/mol. The summed E-state index contributed by atoms with van der Waals surface area (Å²) in [5.74, 6) is -0.441. The Balaban J connectivity index is 3.01. The van der Waals surface area contributed by atoms with Crippen molar-refractivity contribution in [3.05, 3.63) is 25.5 Å². The first-order valence-corrected chi connectivity index (χ1v) is 6.61. The number of carbonyl (C=O) groups excluding carboxylic acids is 1. The molecule has 0 N–H and O–H groups in total. The van der Waals surface area contributed by atoms with Gasteiger partial charge in [-0.3, -0.25) is 4.79 Å². The number of ether oxygens (including phenoxy) is 1. The van der Waals surface area contributed by atoms with Crippen molar-refractivity contribution in [1.29, 1.82) is 0 Å². The molecular weight excluding hydrogens is 411 g/mol. The Labute approximate surface area is 119 Å². The predicted molar refractivity (Wildman–Crippen MR) is 69.9 cm³/mol. The topological polar surface area (TPSA) is 39.2 Å². The summed E-state index contributed by atoms with van der Waals surface area (Å²) < 4.78 is 30.8. The highest BCUT2D eigenvalue weighted by Gasteiger charge is 2.17. The number of halogens is 4. The van der Waals surface area contributed by atoms with Crippen molar-refractivity contribution in [2.24, 2.45) is 0 Å². The normalized spacial score (nSPS) is 10.7. The first-order valence-electron chi connectivity index (χ1n) is 4.74. The van der Waals surface area contributed by atoms with Crippen molar-refractivity contribution in [3.63, 3.8) is 0 Å². The Kier molecular flexibility index (Phi) is 5.71. The molecule has 0 aliphatic carbocycles. The second-order valence-electron chi connectivity index (χ2n) is 3.09. The highest BCUT2D eigenvalue weighted by atomic mass is 127. The summed E-state index contributed by atoms with van der Waals surface area (Å²) in [4.78, 5) is 15.0. The molecule has 0 atom stereocenters. The minimum absolute atomic E-state index is 0.0348. The van der Waals surface area contributed by atoms with Crippen molar-refractivity contribution in [2.75, 3.05) is 6.61 Å².